The first kappa shape index (κ1) is 16.6. The Labute approximate surface area is 120 Å². The molecule has 0 radical (unpaired) electrons. The fourth-order valence-corrected chi connectivity index (χ4v) is 1.94. The third kappa shape index (κ3) is 5.69. The van der Waals surface area contributed by atoms with E-state index in [4.69, 9.17) is 5.11 Å². The SMILES string of the molecule is CCCCN(CCCC)C(=O)Cn1cc(CCO)nn1. The number of nitrogens with zero attached hydrogens (tertiary/aromatic N) is 4. The van der Waals surface area contributed by atoms with Crippen LogP contribution < -0.4 is 0 Å². The number of aromatic nitrogens is 3. The summed E-state index contributed by atoms with van der Waals surface area (Å²) in [6, 6.07) is 0. The van der Waals surface area contributed by atoms with Gasteiger partial charge < -0.3 is 10.0 Å². The third-order valence-corrected chi connectivity index (χ3v) is 3.17. The van der Waals surface area contributed by atoms with E-state index in [-0.39, 0.29) is 19.1 Å². The Morgan fingerprint density at radius 3 is 2.50 bits per heavy atom. The second-order valence-electron chi connectivity index (χ2n) is 4.97. The van der Waals surface area contributed by atoms with E-state index in [2.05, 4.69) is 24.2 Å². The lowest BCUT2D eigenvalue weighted by molar-refractivity contribution is -0.132. The fraction of sp³-hybridized carbons (Fsp3) is 0.786. The van der Waals surface area contributed by atoms with Crippen molar-refractivity contribution in [2.24, 2.45) is 0 Å². The van der Waals surface area contributed by atoms with Gasteiger partial charge in [0.25, 0.3) is 0 Å². The van der Waals surface area contributed by atoms with Crippen molar-refractivity contribution in [3.8, 4) is 0 Å². The standard InChI is InChI=1S/C14H26N4O2/c1-3-5-8-17(9-6-4-2)14(20)12-18-11-13(7-10-19)15-16-18/h11,19H,3-10,12H2,1-2H3. The molecule has 0 fully saturated rings. The van der Waals surface area contributed by atoms with Crippen LogP contribution in [0.1, 0.15) is 45.2 Å². The first-order chi connectivity index (χ1) is 9.71. The van der Waals surface area contributed by atoms with Crippen LogP contribution in [0, 0.1) is 0 Å². The molecule has 1 aromatic heterocycles. The van der Waals surface area contributed by atoms with Crippen LogP contribution in [0.2, 0.25) is 0 Å². The summed E-state index contributed by atoms with van der Waals surface area (Å²) in [5.41, 5.74) is 0.717. The molecule has 0 spiro atoms. The molecular weight excluding hydrogens is 256 g/mol. The van der Waals surface area contributed by atoms with E-state index in [1.165, 1.54) is 0 Å². The largest absolute Gasteiger partial charge is 0.396 e. The summed E-state index contributed by atoms with van der Waals surface area (Å²) in [7, 11) is 0. The number of hydrogen-bond donors (Lipinski definition) is 1. The van der Waals surface area contributed by atoms with Crippen molar-refractivity contribution in [1.29, 1.82) is 0 Å². The summed E-state index contributed by atoms with van der Waals surface area (Å²) < 4.78 is 1.55. The van der Waals surface area contributed by atoms with Gasteiger partial charge in [-0.15, -0.1) is 5.10 Å². The van der Waals surface area contributed by atoms with Crippen molar-refractivity contribution in [2.45, 2.75) is 52.5 Å². The van der Waals surface area contributed by atoms with Gasteiger partial charge in [0.15, 0.2) is 0 Å². The molecule has 0 aromatic carbocycles. The number of aliphatic hydroxyl groups is 1. The van der Waals surface area contributed by atoms with E-state index < -0.39 is 0 Å². The lowest BCUT2D eigenvalue weighted by Gasteiger charge is -2.22. The highest BCUT2D eigenvalue weighted by Crippen LogP contribution is 2.02. The summed E-state index contributed by atoms with van der Waals surface area (Å²) in [4.78, 5) is 14.2. The van der Waals surface area contributed by atoms with Gasteiger partial charge in [-0.1, -0.05) is 31.9 Å². The van der Waals surface area contributed by atoms with Gasteiger partial charge in [-0.2, -0.15) is 0 Å². The zero-order valence-electron chi connectivity index (χ0n) is 12.6. The maximum absolute atomic E-state index is 12.3. The van der Waals surface area contributed by atoms with Crippen LogP contribution in [0.4, 0.5) is 0 Å². The summed E-state index contributed by atoms with van der Waals surface area (Å²) in [6.07, 6.45) is 6.43. The normalized spacial score (nSPS) is 10.8. The van der Waals surface area contributed by atoms with Crippen LogP contribution in [-0.4, -0.2) is 50.6 Å². The molecule has 1 heterocycles. The van der Waals surface area contributed by atoms with Crippen molar-refractivity contribution in [1.82, 2.24) is 19.9 Å². The number of carbonyl (C=O) groups is 1. The summed E-state index contributed by atoms with van der Waals surface area (Å²) in [5.74, 6) is 0.0901. The van der Waals surface area contributed by atoms with E-state index in [9.17, 15) is 4.79 Å². The number of carbonyl (C=O) groups excluding carboxylic acids is 1. The molecule has 1 N–H and O–H groups in total. The number of aliphatic hydroxyl groups excluding tert-OH is 1. The molecule has 114 valence electrons. The lowest BCUT2D eigenvalue weighted by Crippen LogP contribution is -2.35. The van der Waals surface area contributed by atoms with Gasteiger partial charge in [-0.05, 0) is 12.8 Å². The zero-order valence-corrected chi connectivity index (χ0v) is 12.6. The first-order valence-electron chi connectivity index (χ1n) is 7.48. The van der Waals surface area contributed by atoms with Gasteiger partial charge in [-0.25, -0.2) is 4.68 Å². The molecule has 6 heteroatoms. The average molecular weight is 282 g/mol. The van der Waals surface area contributed by atoms with Crippen molar-refractivity contribution in [2.75, 3.05) is 19.7 Å². The minimum absolute atomic E-state index is 0.0474. The van der Waals surface area contributed by atoms with Gasteiger partial charge in [0.2, 0.25) is 5.91 Å². The lowest BCUT2D eigenvalue weighted by atomic mass is 10.2. The molecule has 0 saturated heterocycles. The smallest absolute Gasteiger partial charge is 0.244 e. The van der Waals surface area contributed by atoms with Crippen LogP contribution in [0.25, 0.3) is 0 Å². The highest BCUT2D eigenvalue weighted by Gasteiger charge is 2.14. The Hall–Kier alpha value is -1.43. The van der Waals surface area contributed by atoms with E-state index >= 15 is 0 Å². The number of rotatable bonds is 10. The van der Waals surface area contributed by atoms with Crippen LogP contribution in [0.5, 0.6) is 0 Å². The van der Waals surface area contributed by atoms with E-state index in [0.29, 0.717) is 12.1 Å². The van der Waals surface area contributed by atoms with Crippen molar-refractivity contribution in [3.05, 3.63) is 11.9 Å². The minimum atomic E-state index is 0.0474. The van der Waals surface area contributed by atoms with Gasteiger partial charge in [0.05, 0.1) is 5.69 Å². The molecule has 20 heavy (non-hydrogen) atoms. The average Bonchev–Trinajstić information content (AvgIpc) is 2.86. The van der Waals surface area contributed by atoms with Crippen LogP contribution in [0.3, 0.4) is 0 Å². The Balaban J connectivity index is 2.53. The highest BCUT2D eigenvalue weighted by molar-refractivity contribution is 5.75. The molecule has 1 rings (SSSR count). The Morgan fingerprint density at radius 1 is 1.30 bits per heavy atom. The molecule has 0 aliphatic carbocycles. The molecule has 1 aromatic rings. The molecule has 6 nitrogen and oxygen atoms in total. The third-order valence-electron chi connectivity index (χ3n) is 3.17. The van der Waals surface area contributed by atoms with Crippen LogP contribution >= 0.6 is 0 Å². The van der Waals surface area contributed by atoms with Crippen molar-refractivity contribution >= 4 is 5.91 Å². The van der Waals surface area contributed by atoms with Gasteiger partial charge in [-0.3, -0.25) is 4.79 Å². The second kappa shape index (κ2) is 9.47. The van der Waals surface area contributed by atoms with Crippen molar-refractivity contribution < 1.29 is 9.90 Å². The second-order valence-corrected chi connectivity index (χ2v) is 4.97. The van der Waals surface area contributed by atoms with Crippen LogP contribution in [0.15, 0.2) is 6.20 Å². The molecule has 0 atom stereocenters. The highest BCUT2D eigenvalue weighted by atomic mass is 16.3. The first-order valence-corrected chi connectivity index (χ1v) is 7.48. The Bertz CT molecular complexity index is 384. The molecule has 0 unspecified atom stereocenters. The molecule has 0 bridgehead atoms. The topological polar surface area (TPSA) is 71.2 Å². The van der Waals surface area contributed by atoms with Crippen LogP contribution in [-0.2, 0) is 17.8 Å². The molecule has 0 saturated carbocycles. The van der Waals surface area contributed by atoms with E-state index in [1.807, 2.05) is 4.90 Å². The quantitative estimate of drug-likeness (QED) is 0.701. The predicted molar refractivity (Wildman–Crippen MR) is 77.2 cm³/mol. The molecular formula is C14H26N4O2. The summed E-state index contributed by atoms with van der Waals surface area (Å²) in [5, 5.41) is 16.7. The van der Waals surface area contributed by atoms with E-state index in [0.717, 1.165) is 38.8 Å². The summed E-state index contributed by atoms with van der Waals surface area (Å²) >= 11 is 0. The monoisotopic (exact) mass is 282 g/mol. The minimum Gasteiger partial charge on any atom is -0.396 e. The summed E-state index contributed by atoms with van der Waals surface area (Å²) in [6.45, 7) is 6.15. The maximum atomic E-state index is 12.3. The zero-order chi connectivity index (χ0) is 14.8. The fourth-order valence-electron chi connectivity index (χ4n) is 1.94. The predicted octanol–water partition coefficient (Wildman–Crippen LogP) is 1.24. The Morgan fingerprint density at radius 2 is 1.95 bits per heavy atom. The molecule has 0 aliphatic heterocycles. The van der Waals surface area contributed by atoms with Gasteiger partial charge >= 0.3 is 0 Å². The van der Waals surface area contributed by atoms with Gasteiger partial charge in [0.1, 0.15) is 6.54 Å². The Kier molecular flexibility index (Phi) is 7.87. The maximum Gasteiger partial charge on any atom is 0.244 e. The molecule has 0 aliphatic rings. The number of hydrogen-bond acceptors (Lipinski definition) is 4. The number of amides is 1. The number of unbranched alkanes of at least 4 members (excludes halogenated alkanes) is 2. The van der Waals surface area contributed by atoms with Gasteiger partial charge in [0, 0.05) is 32.3 Å². The van der Waals surface area contributed by atoms with Crippen molar-refractivity contribution in [3.63, 3.8) is 0 Å². The van der Waals surface area contributed by atoms with E-state index in [1.54, 1.807) is 10.9 Å². The molecule has 1 amide bonds.